The predicted molar refractivity (Wildman–Crippen MR) is 159 cm³/mol. The minimum Gasteiger partial charge on any atom is -0.345 e. The molecule has 1 aliphatic rings. The molecule has 1 aromatic heterocycles. The maximum Gasteiger partial charge on any atom is 0.255 e. The Balaban J connectivity index is 1.56. The van der Waals surface area contributed by atoms with Crippen molar-refractivity contribution < 1.29 is 9.59 Å². The minimum atomic E-state index is -0.225. The van der Waals surface area contributed by atoms with Gasteiger partial charge >= 0.3 is 0 Å². The van der Waals surface area contributed by atoms with E-state index >= 15 is 0 Å². The highest BCUT2D eigenvalue weighted by Crippen LogP contribution is 2.26. The lowest BCUT2D eigenvalue weighted by atomic mass is 9.94. The maximum absolute atomic E-state index is 14.0. The van der Waals surface area contributed by atoms with E-state index in [1.807, 2.05) is 29.2 Å². The van der Waals surface area contributed by atoms with Crippen molar-refractivity contribution in [1.29, 1.82) is 0 Å². The molecule has 0 spiro atoms. The number of aromatic nitrogens is 1. The summed E-state index contributed by atoms with van der Waals surface area (Å²) in [5, 5.41) is 0.787. The van der Waals surface area contributed by atoms with Crippen LogP contribution in [0, 0.1) is 0 Å². The molecule has 0 unspecified atom stereocenters. The van der Waals surface area contributed by atoms with Crippen LogP contribution in [0.25, 0.3) is 0 Å². The zero-order chi connectivity index (χ0) is 27.6. The Bertz CT molecular complexity index is 1220. The molecule has 1 fully saturated rings. The summed E-state index contributed by atoms with van der Waals surface area (Å²) in [6.45, 7) is 3.97. The molecule has 1 heterocycles. The summed E-state index contributed by atoms with van der Waals surface area (Å²) in [7, 11) is 0. The monoisotopic (exact) mass is 567 g/mol. The second-order valence-corrected chi connectivity index (χ2v) is 11.3. The molecule has 4 rings (SSSR count). The number of halogens is 2. The molecular weight excluding hydrogens is 529 g/mol. The van der Waals surface area contributed by atoms with Gasteiger partial charge in [-0.1, -0.05) is 92.6 Å². The van der Waals surface area contributed by atoms with Crippen molar-refractivity contribution in [3.8, 4) is 0 Å². The van der Waals surface area contributed by atoms with Gasteiger partial charge in [0.05, 0.1) is 17.1 Å². The Morgan fingerprint density at radius 1 is 0.949 bits per heavy atom. The van der Waals surface area contributed by atoms with Crippen LogP contribution in [-0.4, -0.2) is 45.3 Å². The average Bonchev–Trinajstić information content (AvgIpc) is 3.38. The number of carbonyl (C=O) groups excluding carboxylic acids is 2. The zero-order valence-electron chi connectivity index (χ0n) is 22.8. The van der Waals surface area contributed by atoms with Crippen molar-refractivity contribution in [3.63, 3.8) is 0 Å². The summed E-state index contributed by atoms with van der Waals surface area (Å²) in [4.78, 5) is 31.3. The number of hydrogen-bond donors (Lipinski definition) is 0. The summed E-state index contributed by atoms with van der Waals surface area (Å²) < 4.78 is 2.22. The lowest BCUT2D eigenvalue weighted by Gasteiger charge is -2.36. The van der Waals surface area contributed by atoms with Gasteiger partial charge in [-0.05, 0) is 55.2 Å². The lowest BCUT2D eigenvalue weighted by molar-refractivity contribution is -0.135. The summed E-state index contributed by atoms with van der Waals surface area (Å²) in [5.41, 5.74) is 2.70. The standard InChI is InChI=1S/C32H39Cl2N3O2/c1-2-3-10-19-36(32(39)29-18-17-26(33)21-30(29)34)24-31(38)37(27-14-8-5-9-15-27)23-28-16-11-20-35(28)22-25-12-6-4-7-13-25/h4,6-7,11-13,16-18,20-21,27H,2-3,5,8-10,14-15,19,22-24H2,1H3. The number of hydrogen-bond acceptors (Lipinski definition) is 2. The van der Waals surface area contributed by atoms with Crippen LogP contribution in [0.5, 0.6) is 0 Å². The van der Waals surface area contributed by atoms with Crippen molar-refractivity contribution in [2.24, 2.45) is 0 Å². The van der Waals surface area contributed by atoms with Crippen LogP contribution in [0.1, 0.15) is 79.9 Å². The van der Waals surface area contributed by atoms with Gasteiger partial charge in [0.1, 0.15) is 6.54 Å². The SMILES string of the molecule is CCCCCN(CC(=O)N(Cc1cccn1Cc1ccccc1)C1CCCCC1)C(=O)c1ccc(Cl)cc1Cl. The van der Waals surface area contributed by atoms with Gasteiger partial charge in [0.25, 0.3) is 5.91 Å². The molecule has 0 atom stereocenters. The first-order valence-electron chi connectivity index (χ1n) is 14.2. The van der Waals surface area contributed by atoms with Crippen LogP contribution in [-0.2, 0) is 17.9 Å². The van der Waals surface area contributed by atoms with E-state index < -0.39 is 0 Å². The van der Waals surface area contributed by atoms with E-state index in [9.17, 15) is 9.59 Å². The molecule has 0 radical (unpaired) electrons. The van der Waals surface area contributed by atoms with Gasteiger partial charge in [0, 0.05) is 36.0 Å². The van der Waals surface area contributed by atoms with Crippen LogP contribution in [0.15, 0.2) is 66.9 Å². The van der Waals surface area contributed by atoms with E-state index in [-0.39, 0.29) is 24.4 Å². The highest BCUT2D eigenvalue weighted by Gasteiger charge is 2.29. The van der Waals surface area contributed by atoms with E-state index in [4.69, 9.17) is 23.2 Å². The molecule has 1 aliphatic carbocycles. The lowest BCUT2D eigenvalue weighted by Crippen LogP contribution is -2.47. The molecule has 0 aliphatic heterocycles. The highest BCUT2D eigenvalue weighted by molar-refractivity contribution is 6.36. The molecule has 208 valence electrons. The molecule has 0 bridgehead atoms. The smallest absolute Gasteiger partial charge is 0.255 e. The Morgan fingerprint density at radius 3 is 2.44 bits per heavy atom. The first-order chi connectivity index (χ1) is 19.0. The van der Waals surface area contributed by atoms with Crippen LogP contribution in [0.2, 0.25) is 10.0 Å². The second kappa shape index (κ2) is 14.6. The summed E-state index contributed by atoms with van der Waals surface area (Å²) >= 11 is 12.5. The minimum absolute atomic E-state index is 0.00991. The Morgan fingerprint density at radius 2 is 1.72 bits per heavy atom. The average molecular weight is 569 g/mol. The highest BCUT2D eigenvalue weighted by atomic mass is 35.5. The Kier molecular flexibility index (Phi) is 10.9. The maximum atomic E-state index is 14.0. The third-order valence-electron chi connectivity index (χ3n) is 7.59. The number of carbonyl (C=O) groups is 2. The molecule has 1 saturated carbocycles. The van der Waals surface area contributed by atoms with Crippen LogP contribution >= 0.6 is 23.2 Å². The molecule has 0 N–H and O–H groups in total. The fourth-order valence-corrected chi connectivity index (χ4v) is 5.90. The normalized spacial score (nSPS) is 13.8. The van der Waals surface area contributed by atoms with Crippen molar-refractivity contribution in [3.05, 3.63) is 93.7 Å². The number of nitrogens with zero attached hydrogens (tertiary/aromatic N) is 3. The molecular formula is C32H39Cl2N3O2. The van der Waals surface area contributed by atoms with Gasteiger partial charge in [-0.25, -0.2) is 0 Å². The van der Waals surface area contributed by atoms with E-state index in [1.54, 1.807) is 23.1 Å². The van der Waals surface area contributed by atoms with Crippen molar-refractivity contribution in [2.45, 2.75) is 77.4 Å². The third kappa shape index (κ3) is 8.12. The zero-order valence-corrected chi connectivity index (χ0v) is 24.3. The number of rotatable bonds is 12. The molecule has 0 saturated heterocycles. The first-order valence-corrected chi connectivity index (χ1v) is 14.9. The fraction of sp³-hybridized carbons (Fsp3) is 0.438. The van der Waals surface area contributed by atoms with E-state index in [2.05, 4.69) is 35.9 Å². The van der Waals surface area contributed by atoms with Crippen LogP contribution < -0.4 is 0 Å². The van der Waals surface area contributed by atoms with E-state index in [0.717, 1.165) is 57.2 Å². The van der Waals surface area contributed by atoms with Crippen molar-refractivity contribution in [2.75, 3.05) is 13.1 Å². The summed E-state index contributed by atoms with van der Waals surface area (Å²) in [6, 6.07) is 19.6. The molecule has 2 amide bonds. The molecule has 3 aromatic rings. The summed E-state index contributed by atoms with van der Waals surface area (Å²) in [5.74, 6) is -0.235. The molecule has 39 heavy (non-hydrogen) atoms. The van der Waals surface area contributed by atoms with Gasteiger partial charge in [-0.3, -0.25) is 9.59 Å². The van der Waals surface area contributed by atoms with Crippen LogP contribution in [0.3, 0.4) is 0 Å². The van der Waals surface area contributed by atoms with Gasteiger partial charge in [-0.2, -0.15) is 0 Å². The molecule has 2 aromatic carbocycles. The van der Waals surface area contributed by atoms with Gasteiger partial charge < -0.3 is 14.4 Å². The Hall–Kier alpha value is -2.76. The van der Waals surface area contributed by atoms with E-state index in [0.29, 0.717) is 28.7 Å². The Labute approximate surface area is 242 Å². The third-order valence-corrected chi connectivity index (χ3v) is 8.14. The van der Waals surface area contributed by atoms with Gasteiger partial charge in [0.2, 0.25) is 5.91 Å². The van der Waals surface area contributed by atoms with Crippen molar-refractivity contribution in [1.82, 2.24) is 14.4 Å². The number of unbranched alkanes of at least 4 members (excludes halogenated alkanes) is 2. The topological polar surface area (TPSA) is 45.6 Å². The van der Waals surface area contributed by atoms with Gasteiger partial charge in [-0.15, -0.1) is 0 Å². The predicted octanol–water partition coefficient (Wildman–Crippen LogP) is 7.84. The molecule has 7 heteroatoms. The number of benzene rings is 2. The summed E-state index contributed by atoms with van der Waals surface area (Å²) in [6.07, 6.45) is 10.4. The molecule has 5 nitrogen and oxygen atoms in total. The number of amides is 2. The van der Waals surface area contributed by atoms with Crippen LogP contribution in [0.4, 0.5) is 0 Å². The fourth-order valence-electron chi connectivity index (χ4n) is 5.41. The quantitative estimate of drug-likeness (QED) is 0.209. The van der Waals surface area contributed by atoms with Gasteiger partial charge in [0.15, 0.2) is 0 Å². The second-order valence-electron chi connectivity index (χ2n) is 10.5. The van der Waals surface area contributed by atoms with E-state index in [1.165, 1.54) is 12.0 Å². The first kappa shape index (κ1) is 29.2. The largest absolute Gasteiger partial charge is 0.345 e. The van der Waals surface area contributed by atoms with Crippen molar-refractivity contribution >= 4 is 35.0 Å².